The number of hydrogen-bond acceptors (Lipinski definition) is 3. The zero-order chi connectivity index (χ0) is 11.7. The topological polar surface area (TPSA) is 42.0 Å². The van der Waals surface area contributed by atoms with Crippen LogP contribution in [0.2, 0.25) is 0 Å². The van der Waals surface area contributed by atoms with E-state index >= 15 is 0 Å². The van der Waals surface area contributed by atoms with Gasteiger partial charge >= 0.3 is 0 Å². The Hall–Kier alpha value is -1.74. The molecule has 0 spiro atoms. The molecule has 1 aromatic carbocycles. The minimum Gasteiger partial charge on any atom is -0.307 e. The van der Waals surface area contributed by atoms with E-state index in [4.69, 9.17) is 0 Å². The third kappa shape index (κ3) is 1.94. The summed E-state index contributed by atoms with van der Waals surface area (Å²) in [5.74, 6) is 0.190. The Kier molecular flexibility index (Phi) is 2.61. The minimum absolute atomic E-state index is 0.00355. The fraction of sp³-hybridized carbons (Fsp3) is 0.286. The van der Waals surface area contributed by atoms with Crippen LogP contribution < -0.4 is 5.32 Å². The van der Waals surface area contributed by atoms with Gasteiger partial charge in [-0.15, -0.1) is 0 Å². The first kappa shape index (κ1) is 10.4. The lowest BCUT2D eigenvalue weighted by Gasteiger charge is -2.09. The molecule has 1 fully saturated rings. The fourth-order valence-corrected chi connectivity index (χ4v) is 2.33. The van der Waals surface area contributed by atoms with Gasteiger partial charge in [0.2, 0.25) is 0 Å². The monoisotopic (exact) mass is 226 g/mol. The first-order chi connectivity index (χ1) is 8.34. The van der Waals surface area contributed by atoms with Crippen LogP contribution in [0, 0.1) is 0 Å². The summed E-state index contributed by atoms with van der Waals surface area (Å²) in [6, 6.07) is 9.65. The third-order valence-corrected chi connectivity index (χ3v) is 3.27. The van der Waals surface area contributed by atoms with Crippen molar-refractivity contribution >= 4 is 16.7 Å². The van der Waals surface area contributed by atoms with Gasteiger partial charge < -0.3 is 5.32 Å². The molecule has 0 bridgehead atoms. The van der Waals surface area contributed by atoms with Crippen LogP contribution in [-0.4, -0.2) is 23.4 Å². The quantitative estimate of drug-likeness (QED) is 0.798. The van der Waals surface area contributed by atoms with Crippen LogP contribution in [0.5, 0.6) is 0 Å². The zero-order valence-corrected chi connectivity index (χ0v) is 9.52. The second-order valence-electron chi connectivity index (χ2n) is 4.42. The molecule has 1 aliphatic rings. The maximum Gasteiger partial charge on any atom is 0.179 e. The fourth-order valence-electron chi connectivity index (χ4n) is 2.33. The SMILES string of the molecule is O=C(c1ccc2cccnc2c1)C1CCCN1. The van der Waals surface area contributed by atoms with Crippen molar-refractivity contribution in [3.63, 3.8) is 0 Å². The lowest BCUT2D eigenvalue weighted by Crippen LogP contribution is -2.30. The smallest absolute Gasteiger partial charge is 0.179 e. The van der Waals surface area contributed by atoms with E-state index in [1.807, 2.05) is 30.3 Å². The molecule has 1 N–H and O–H groups in total. The minimum atomic E-state index is -0.00355. The van der Waals surface area contributed by atoms with Gasteiger partial charge in [0.05, 0.1) is 11.6 Å². The summed E-state index contributed by atoms with van der Waals surface area (Å²) in [5, 5.41) is 4.31. The molecular weight excluding hydrogens is 212 g/mol. The van der Waals surface area contributed by atoms with Crippen molar-refractivity contribution in [2.75, 3.05) is 6.54 Å². The Morgan fingerprint density at radius 1 is 1.35 bits per heavy atom. The maximum absolute atomic E-state index is 12.2. The highest BCUT2D eigenvalue weighted by Crippen LogP contribution is 2.17. The molecule has 86 valence electrons. The van der Waals surface area contributed by atoms with Crippen LogP contribution in [0.1, 0.15) is 23.2 Å². The van der Waals surface area contributed by atoms with E-state index in [1.54, 1.807) is 6.20 Å². The molecule has 0 radical (unpaired) electrons. The average Bonchev–Trinajstić information content (AvgIpc) is 2.91. The van der Waals surface area contributed by atoms with Crippen LogP contribution in [0.3, 0.4) is 0 Å². The molecule has 1 aromatic heterocycles. The van der Waals surface area contributed by atoms with Crippen molar-refractivity contribution in [2.45, 2.75) is 18.9 Å². The van der Waals surface area contributed by atoms with E-state index in [0.717, 1.165) is 35.9 Å². The van der Waals surface area contributed by atoms with Gasteiger partial charge in [0.25, 0.3) is 0 Å². The normalized spacial score (nSPS) is 19.6. The number of carbonyl (C=O) groups is 1. The number of rotatable bonds is 2. The van der Waals surface area contributed by atoms with Gasteiger partial charge in [-0.05, 0) is 31.5 Å². The van der Waals surface area contributed by atoms with Crippen LogP contribution in [0.15, 0.2) is 36.5 Å². The molecule has 3 heteroatoms. The van der Waals surface area contributed by atoms with E-state index < -0.39 is 0 Å². The van der Waals surface area contributed by atoms with Crippen molar-refractivity contribution in [1.82, 2.24) is 10.3 Å². The Labute approximate surface area is 99.9 Å². The van der Waals surface area contributed by atoms with E-state index in [2.05, 4.69) is 10.3 Å². The van der Waals surface area contributed by atoms with Crippen molar-refractivity contribution in [2.24, 2.45) is 0 Å². The Morgan fingerprint density at radius 3 is 3.12 bits per heavy atom. The number of ketones is 1. The molecular formula is C14H14N2O. The number of carbonyl (C=O) groups excluding carboxylic acids is 1. The molecule has 17 heavy (non-hydrogen) atoms. The second-order valence-corrected chi connectivity index (χ2v) is 4.42. The molecule has 0 aliphatic carbocycles. The first-order valence-electron chi connectivity index (χ1n) is 5.97. The number of fused-ring (bicyclic) bond motifs is 1. The van der Waals surface area contributed by atoms with Gasteiger partial charge in [0.1, 0.15) is 0 Å². The van der Waals surface area contributed by atoms with Gasteiger partial charge in [-0.1, -0.05) is 18.2 Å². The number of Topliss-reactive ketones (excluding diaryl/α,β-unsaturated/α-hetero) is 1. The highest BCUT2D eigenvalue weighted by molar-refractivity contribution is 6.02. The lowest BCUT2D eigenvalue weighted by molar-refractivity contribution is 0.0952. The zero-order valence-electron chi connectivity index (χ0n) is 9.52. The molecule has 1 saturated heterocycles. The van der Waals surface area contributed by atoms with Gasteiger partial charge in [-0.25, -0.2) is 0 Å². The molecule has 2 heterocycles. The Bertz CT molecular complexity index is 559. The summed E-state index contributed by atoms with van der Waals surface area (Å²) in [4.78, 5) is 16.5. The molecule has 2 aromatic rings. The largest absolute Gasteiger partial charge is 0.307 e. The van der Waals surface area contributed by atoms with E-state index in [1.165, 1.54) is 0 Å². The predicted octanol–water partition coefficient (Wildman–Crippen LogP) is 2.17. The number of pyridine rings is 1. The molecule has 3 rings (SSSR count). The standard InChI is InChI=1S/C14H14N2O/c17-14(12-4-2-8-15-12)11-6-5-10-3-1-7-16-13(10)9-11/h1,3,5-7,9,12,15H,2,4,8H2. The van der Waals surface area contributed by atoms with Crippen molar-refractivity contribution in [3.8, 4) is 0 Å². The Morgan fingerprint density at radius 2 is 2.29 bits per heavy atom. The summed E-state index contributed by atoms with van der Waals surface area (Å²) in [7, 11) is 0. The van der Waals surface area contributed by atoms with Crippen molar-refractivity contribution < 1.29 is 4.79 Å². The third-order valence-electron chi connectivity index (χ3n) is 3.27. The second kappa shape index (κ2) is 4.26. The maximum atomic E-state index is 12.2. The van der Waals surface area contributed by atoms with E-state index in [-0.39, 0.29) is 11.8 Å². The summed E-state index contributed by atoms with van der Waals surface area (Å²) in [6.07, 6.45) is 3.78. The van der Waals surface area contributed by atoms with Crippen molar-refractivity contribution in [1.29, 1.82) is 0 Å². The lowest BCUT2D eigenvalue weighted by atomic mass is 10.0. The van der Waals surface area contributed by atoms with Gasteiger partial charge in [-0.3, -0.25) is 9.78 Å². The number of nitrogens with zero attached hydrogens (tertiary/aromatic N) is 1. The van der Waals surface area contributed by atoms with Gasteiger partial charge in [0.15, 0.2) is 5.78 Å². The average molecular weight is 226 g/mol. The van der Waals surface area contributed by atoms with Crippen LogP contribution >= 0.6 is 0 Å². The molecule has 0 saturated carbocycles. The molecule has 1 aliphatic heterocycles. The van der Waals surface area contributed by atoms with Crippen LogP contribution in [-0.2, 0) is 0 Å². The van der Waals surface area contributed by atoms with E-state index in [0.29, 0.717) is 0 Å². The number of nitrogens with one attached hydrogen (secondary N) is 1. The van der Waals surface area contributed by atoms with Crippen LogP contribution in [0.4, 0.5) is 0 Å². The summed E-state index contributed by atoms with van der Waals surface area (Å²) < 4.78 is 0. The summed E-state index contributed by atoms with van der Waals surface area (Å²) in [6.45, 7) is 0.947. The molecule has 1 unspecified atom stereocenters. The number of hydrogen-bond donors (Lipinski definition) is 1. The van der Waals surface area contributed by atoms with Crippen LogP contribution in [0.25, 0.3) is 10.9 Å². The van der Waals surface area contributed by atoms with Gasteiger partial charge in [0, 0.05) is 17.1 Å². The van der Waals surface area contributed by atoms with Crippen molar-refractivity contribution in [3.05, 3.63) is 42.1 Å². The number of benzene rings is 1. The Balaban J connectivity index is 1.97. The summed E-state index contributed by atoms with van der Waals surface area (Å²) >= 11 is 0. The number of aromatic nitrogens is 1. The van der Waals surface area contributed by atoms with Gasteiger partial charge in [-0.2, -0.15) is 0 Å². The highest BCUT2D eigenvalue weighted by atomic mass is 16.1. The molecule has 1 atom stereocenters. The predicted molar refractivity (Wildman–Crippen MR) is 67.1 cm³/mol. The highest BCUT2D eigenvalue weighted by Gasteiger charge is 2.23. The first-order valence-corrected chi connectivity index (χ1v) is 5.97. The summed E-state index contributed by atoms with van der Waals surface area (Å²) in [5.41, 5.74) is 1.65. The molecule has 0 amide bonds. The molecule has 3 nitrogen and oxygen atoms in total. The van der Waals surface area contributed by atoms with E-state index in [9.17, 15) is 4.79 Å².